The highest BCUT2D eigenvalue weighted by Crippen LogP contribution is 2.36. The summed E-state index contributed by atoms with van der Waals surface area (Å²) in [6, 6.07) is 29.0. The van der Waals surface area contributed by atoms with Crippen molar-refractivity contribution in [3.8, 4) is 34.5 Å². The summed E-state index contributed by atoms with van der Waals surface area (Å²) < 4.78 is 42.7. The fourth-order valence-corrected chi connectivity index (χ4v) is 7.09. The molecule has 0 fully saturated rings. The first-order valence-electron chi connectivity index (χ1n) is 21.9. The number of benzene rings is 5. The van der Waals surface area contributed by atoms with Crippen LogP contribution in [-0.2, 0) is 11.2 Å². The largest absolute Gasteiger partial charge is 0.484 e. The molecule has 0 saturated heterocycles. The zero-order valence-corrected chi connectivity index (χ0v) is 41.0. The van der Waals surface area contributed by atoms with Gasteiger partial charge in [0.1, 0.15) is 33.9 Å². The third-order valence-corrected chi connectivity index (χ3v) is 9.82. The standard InChI is InChI=1S/C53H59N3O10S/c1-50(2,3)63-41-25-20-35(30-43(41)65-52(7,8)9)47(58)61-38-22-18-34(19-23-38)46(57)60-28-27-33-17-24-40(37(29-33)32-54-56-49-55-39-15-13-14-16-45(39)67-49)62-48(59)36-21-26-42(64-51(4,5)6)44(31-36)66-53(10,11)12/h13-26,29-32H,27-28H2,1-12H3,(H,55,56)/b54-32+. The lowest BCUT2D eigenvalue weighted by atomic mass is 10.1. The number of thiazole rings is 1. The molecular formula is C53H59N3O10S. The first kappa shape index (κ1) is 49.5. The second-order valence-electron chi connectivity index (χ2n) is 19.6. The van der Waals surface area contributed by atoms with Crippen LogP contribution in [0.4, 0.5) is 5.13 Å². The van der Waals surface area contributed by atoms with Crippen molar-refractivity contribution < 1.29 is 47.5 Å². The van der Waals surface area contributed by atoms with Crippen molar-refractivity contribution in [1.82, 2.24) is 4.98 Å². The summed E-state index contributed by atoms with van der Waals surface area (Å²) in [6.07, 6.45) is 1.88. The maximum atomic E-state index is 13.7. The lowest BCUT2D eigenvalue weighted by molar-refractivity contribution is 0.0508. The van der Waals surface area contributed by atoms with E-state index in [9.17, 15) is 14.4 Å². The van der Waals surface area contributed by atoms with Crippen LogP contribution < -0.4 is 33.8 Å². The monoisotopic (exact) mass is 929 g/mol. The number of anilines is 1. The van der Waals surface area contributed by atoms with Gasteiger partial charge in [-0.2, -0.15) is 5.10 Å². The zero-order chi connectivity index (χ0) is 48.7. The average Bonchev–Trinajstić information content (AvgIpc) is 3.64. The molecule has 5 aromatic carbocycles. The van der Waals surface area contributed by atoms with Gasteiger partial charge in [0.25, 0.3) is 0 Å². The molecule has 0 saturated carbocycles. The van der Waals surface area contributed by atoms with Crippen molar-refractivity contribution in [1.29, 1.82) is 0 Å². The van der Waals surface area contributed by atoms with E-state index in [1.165, 1.54) is 35.6 Å². The molecule has 0 unspecified atom stereocenters. The second-order valence-corrected chi connectivity index (χ2v) is 20.6. The van der Waals surface area contributed by atoms with Gasteiger partial charge in [0.2, 0.25) is 5.13 Å². The lowest BCUT2D eigenvalue weighted by Gasteiger charge is -2.27. The topological polar surface area (TPSA) is 153 Å². The number of nitrogens with one attached hydrogen (secondary N) is 1. The molecule has 352 valence electrons. The molecule has 0 aliphatic rings. The molecule has 0 radical (unpaired) electrons. The van der Waals surface area contributed by atoms with E-state index in [1.807, 2.05) is 107 Å². The molecule has 0 spiro atoms. The van der Waals surface area contributed by atoms with Gasteiger partial charge in [-0.15, -0.1) is 0 Å². The smallest absolute Gasteiger partial charge is 0.343 e. The van der Waals surface area contributed by atoms with Gasteiger partial charge >= 0.3 is 17.9 Å². The first-order valence-corrected chi connectivity index (χ1v) is 22.7. The number of hydrogen-bond acceptors (Lipinski definition) is 14. The number of carbonyl (C=O) groups is 3. The SMILES string of the molecule is CC(C)(C)Oc1ccc(C(=O)Oc2ccc(C(=O)OCCc3ccc(OC(=O)c4ccc(OC(C)(C)C)c(OC(C)(C)C)c4)c(/C=N/Nc4nc5ccccc5s4)c3)cc2)cc1OC(C)(C)C. The Morgan fingerprint density at radius 2 is 1.07 bits per heavy atom. The Morgan fingerprint density at radius 3 is 1.63 bits per heavy atom. The second kappa shape index (κ2) is 20.3. The van der Waals surface area contributed by atoms with Crippen LogP contribution in [0.5, 0.6) is 34.5 Å². The third-order valence-electron chi connectivity index (χ3n) is 8.88. The number of aromatic nitrogens is 1. The normalized spacial score (nSPS) is 12.1. The van der Waals surface area contributed by atoms with Crippen molar-refractivity contribution in [3.05, 3.63) is 131 Å². The molecule has 0 aliphatic heterocycles. The molecule has 1 heterocycles. The van der Waals surface area contributed by atoms with Gasteiger partial charge < -0.3 is 33.2 Å². The minimum Gasteiger partial charge on any atom is -0.484 e. The maximum Gasteiger partial charge on any atom is 0.343 e. The van der Waals surface area contributed by atoms with E-state index < -0.39 is 40.3 Å². The Balaban J connectivity index is 1.13. The Morgan fingerprint density at radius 1 is 0.567 bits per heavy atom. The van der Waals surface area contributed by atoms with Crippen molar-refractivity contribution in [2.24, 2.45) is 5.10 Å². The minimum atomic E-state index is -0.613. The maximum absolute atomic E-state index is 13.7. The van der Waals surface area contributed by atoms with E-state index in [1.54, 1.807) is 60.8 Å². The van der Waals surface area contributed by atoms with Crippen LogP contribution in [0.2, 0.25) is 0 Å². The van der Waals surface area contributed by atoms with Gasteiger partial charge in [-0.05, 0) is 174 Å². The first-order chi connectivity index (χ1) is 31.4. The number of carbonyl (C=O) groups excluding carboxylic acids is 3. The van der Waals surface area contributed by atoms with E-state index >= 15 is 0 Å². The number of rotatable bonds is 15. The number of hydrogen-bond donors (Lipinski definition) is 1. The highest BCUT2D eigenvalue weighted by atomic mass is 32.1. The molecule has 13 nitrogen and oxygen atoms in total. The van der Waals surface area contributed by atoms with Crippen LogP contribution in [0.25, 0.3) is 10.2 Å². The summed E-state index contributed by atoms with van der Waals surface area (Å²) in [4.78, 5) is 44.6. The number of ether oxygens (including phenoxy) is 7. The molecule has 1 aromatic heterocycles. The van der Waals surface area contributed by atoms with Crippen molar-refractivity contribution in [2.45, 2.75) is 112 Å². The Kier molecular flexibility index (Phi) is 15.0. The van der Waals surface area contributed by atoms with E-state index in [2.05, 4.69) is 15.5 Å². The summed E-state index contributed by atoms with van der Waals surface area (Å²) in [5.41, 5.74) is 3.83. The van der Waals surface area contributed by atoms with E-state index in [0.29, 0.717) is 40.1 Å². The number of nitrogens with zero attached hydrogens (tertiary/aromatic N) is 2. The van der Waals surface area contributed by atoms with E-state index in [0.717, 1.165) is 15.8 Å². The lowest BCUT2D eigenvalue weighted by Crippen LogP contribution is -2.26. The predicted octanol–water partition coefficient (Wildman–Crippen LogP) is 12.3. The van der Waals surface area contributed by atoms with Gasteiger partial charge in [-0.1, -0.05) is 29.5 Å². The highest BCUT2D eigenvalue weighted by Gasteiger charge is 2.24. The predicted molar refractivity (Wildman–Crippen MR) is 262 cm³/mol. The van der Waals surface area contributed by atoms with Gasteiger partial charge in [-0.25, -0.2) is 19.4 Å². The van der Waals surface area contributed by atoms with Crippen LogP contribution in [0.1, 0.15) is 125 Å². The molecule has 0 atom stereocenters. The molecule has 6 rings (SSSR count). The molecular weight excluding hydrogens is 871 g/mol. The summed E-state index contributed by atoms with van der Waals surface area (Å²) in [6.45, 7) is 23.1. The molecule has 14 heteroatoms. The number of para-hydroxylation sites is 1. The number of esters is 3. The molecule has 0 aliphatic carbocycles. The van der Waals surface area contributed by atoms with Gasteiger partial charge in [0.05, 0.1) is 39.7 Å². The Hall–Kier alpha value is -6.93. The molecule has 67 heavy (non-hydrogen) atoms. The fraction of sp³-hybridized carbons (Fsp3) is 0.340. The van der Waals surface area contributed by atoms with Crippen LogP contribution in [0.15, 0.2) is 108 Å². The minimum absolute atomic E-state index is 0.0443. The molecule has 1 N–H and O–H groups in total. The van der Waals surface area contributed by atoms with Crippen LogP contribution in [0.3, 0.4) is 0 Å². The van der Waals surface area contributed by atoms with Gasteiger partial charge in [0, 0.05) is 12.0 Å². The third kappa shape index (κ3) is 15.0. The van der Waals surface area contributed by atoms with Crippen LogP contribution in [-0.4, -0.2) is 58.1 Å². The fourth-order valence-electron chi connectivity index (χ4n) is 6.27. The highest BCUT2D eigenvalue weighted by molar-refractivity contribution is 7.22. The van der Waals surface area contributed by atoms with E-state index in [-0.39, 0.29) is 34.8 Å². The van der Waals surface area contributed by atoms with Crippen LogP contribution >= 0.6 is 11.3 Å². The van der Waals surface area contributed by atoms with Gasteiger partial charge in [0.15, 0.2) is 23.0 Å². The summed E-state index contributed by atoms with van der Waals surface area (Å²) >= 11 is 1.45. The zero-order valence-electron chi connectivity index (χ0n) is 40.2. The van der Waals surface area contributed by atoms with Crippen LogP contribution in [0, 0.1) is 0 Å². The number of fused-ring (bicyclic) bond motifs is 1. The summed E-state index contributed by atoms with van der Waals surface area (Å²) in [7, 11) is 0. The van der Waals surface area contributed by atoms with Crippen molar-refractivity contribution in [2.75, 3.05) is 12.0 Å². The van der Waals surface area contributed by atoms with E-state index in [4.69, 9.17) is 33.2 Å². The average molecular weight is 930 g/mol. The van der Waals surface area contributed by atoms with Gasteiger partial charge in [-0.3, -0.25) is 5.43 Å². The Bertz CT molecular complexity index is 2720. The summed E-state index contributed by atoms with van der Waals surface area (Å²) in [5, 5.41) is 5.02. The van der Waals surface area contributed by atoms with Crippen molar-refractivity contribution >= 4 is 50.8 Å². The summed E-state index contributed by atoms with van der Waals surface area (Å²) in [5.74, 6) is 0.559. The Labute approximate surface area is 396 Å². The molecule has 6 aromatic rings. The quantitative estimate of drug-likeness (QED) is 0.0451. The van der Waals surface area contributed by atoms with Crippen molar-refractivity contribution in [3.63, 3.8) is 0 Å². The number of hydrazone groups is 1. The molecule has 0 bridgehead atoms. The molecule has 0 amide bonds.